The number of rotatable bonds is 13. The van der Waals surface area contributed by atoms with Crippen LogP contribution in [-0.2, 0) is 19.1 Å². The molecule has 15 nitrogen and oxygen atoms in total. The van der Waals surface area contributed by atoms with Gasteiger partial charge in [0.2, 0.25) is 11.8 Å². The van der Waals surface area contributed by atoms with Gasteiger partial charge in [-0.15, -0.1) is 0 Å². The van der Waals surface area contributed by atoms with Crippen molar-refractivity contribution in [3.05, 3.63) is 78.0 Å². The fourth-order valence-corrected chi connectivity index (χ4v) is 8.82. The van der Waals surface area contributed by atoms with Crippen molar-refractivity contribution in [2.24, 2.45) is 5.92 Å². The molecular formula is C45H55N9O6. The molecule has 5 heterocycles. The van der Waals surface area contributed by atoms with Crippen molar-refractivity contribution in [3.8, 4) is 22.5 Å². The maximum absolute atomic E-state index is 13.9. The first-order valence-corrected chi connectivity index (χ1v) is 21.0. The summed E-state index contributed by atoms with van der Waals surface area (Å²) in [6.45, 7) is 9.03. The van der Waals surface area contributed by atoms with E-state index in [4.69, 9.17) is 24.4 Å². The third kappa shape index (κ3) is 8.43. The molecule has 0 unspecified atom stereocenters. The molecule has 4 amide bonds. The van der Waals surface area contributed by atoms with Crippen LogP contribution in [0.4, 0.5) is 9.59 Å². The Morgan fingerprint density at radius 3 is 2.15 bits per heavy atom. The van der Waals surface area contributed by atoms with E-state index in [2.05, 4.69) is 32.7 Å². The van der Waals surface area contributed by atoms with Crippen molar-refractivity contribution in [2.45, 2.75) is 96.8 Å². The van der Waals surface area contributed by atoms with Crippen molar-refractivity contribution in [1.29, 1.82) is 0 Å². The van der Waals surface area contributed by atoms with Gasteiger partial charge in [0.25, 0.3) is 0 Å². The van der Waals surface area contributed by atoms with Gasteiger partial charge in [-0.2, -0.15) is 0 Å². The fraction of sp³-hybridized carbons (Fsp3) is 0.444. The number of aromatic amines is 2. The third-order valence-electron chi connectivity index (χ3n) is 12.2. The number of allylic oxidation sites excluding steroid dienone is 1. The number of hydrogen-bond acceptors (Lipinski definition) is 9. The summed E-state index contributed by atoms with van der Waals surface area (Å²) in [6, 6.07) is 14.2. The molecule has 5 aromatic rings. The Balaban J connectivity index is 1.08. The van der Waals surface area contributed by atoms with E-state index >= 15 is 0 Å². The zero-order chi connectivity index (χ0) is 42.5. The Kier molecular flexibility index (Phi) is 12.8. The molecule has 0 bridgehead atoms. The van der Waals surface area contributed by atoms with Gasteiger partial charge in [-0.1, -0.05) is 57.9 Å². The molecule has 0 saturated carbocycles. The number of methoxy groups -OCH3 is 2. The minimum Gasteiger partial charge on any atom is -0.453 e. The molecule has 3 aromatic heterocycles. The zero-order valence-electron chi connectivity index (χ0n) is 35.2. The minimum absolute atomic E-state index is 0.0134. The molecule has 2 saturated heterocycles. The second-order valence-electron chi connectivity index (χ2n) is 15.5. The number of carbonyl (C=O) groups is 4. The molecule has 2 fully saturated rings. The highest BCUT2D eigenvalue weighted by Crippen LogP contribution is 2.36. The van der Waals surface area contributed by atoms with E-state index in [0.29, 0.717) is 25.3 Å². The average Bonchev–Trinajstić information content (AvgIpc) is 4.12. The van der Waals surface area contributed by atoms with Gasteiger partial charge in [-0.05, 0) is 80.9 Å². The van der Waals surface area contributed by atoms with Crippen molar-refractivity contribution < 1.29 is 28.7 Å². The smallest absolute Gasteiger partial charge is 0.407 e. The van der Waals surface area contributed by atoms with E-state index in [0.717, 1.165) is 94.4 Å². The first kappa shape index (κ1) is 41.9. The highest BCUT2D eigenvalue weighted by atomic mass is 16.5. The average molecular weight is 818 g/mol. The summed E-state index contributed by atoms with van der Waals surface area (Å²) in [6.07, 6.45) is 7.72. The monoisotopic (exact) mass is 817 g/mol. The maximum Gasteiger partial charge on any atom is 0.407 e. The van der Waals surface area contributed by atoms with Gasteiger partial charge in [0.1, 0.15) is 23.7 Å². The number of H-pyrrole nitrogens is 2. The summed E-state index contributed by atoms with van der Waals surface area (Å²) in [5, 5.41) is 6.50. The normalized spacial score (nSPS) is 17.9. The van der Waals surface area contributed by atoms with Gasteiger partial charge in [0.05, 0.1) is 60.4 Å². The second kappa shape index (κ2) is 18.3. The molecule has 4 atom stereocenters. The number of hydrogen-bond donors (Lipinski definition) is 4. The van der Waals surface area contributed by atoms with Crippen LogP contribution in [0.2, 0.25) is 0 Å². The van der Waals surface area contributed by atoms with Gasteiger partial charge < -0.3 is 39.9 Å². The number of nitrogens with zero attached hydrogens (tertiary/aromatic N) is 5. The van der Waals surface area contributed by atoms with Crippen LogP contribution in [0.1, 0.15) is 96.4 Å². The number of pyridine rings is 1. The molecule has 2 aromatic carbocycles. The van der Waals surface area contributed by atoms with Crippen LogP contribution in [0.15, 0.2) is 66.4 Å². The summed E-state index contributed by atoms with van der Waals surface area (Å²) in [5.74, 6) is 1.12. The zero-order valence-corrected chi connectivity index (χ0v) is 35.2. The Hall–Kier alpha value is -6.25. The number of nitrogens with one attached hydrogen (secondary N) is 4. The van der Waals surface area contributed by atoms with Crippen LogP contribution >= 0.6 is 0 Å². The Morgan fingerprint density at radius 1 is 0.800 bits per heavy atom. The van der Waals surface area contributed by atoms with Crippen molar-refractivity contribution in [2.75, 3.05) is 27.3 Å². The van der Waals surface area contributed by atoms with Crippen molar-refractivity contribution in [3.63, 3.8) is 0 Å². The molecule has 7 rings (SSSR count). The van der Waals surface area contributed by atoms with Crippen LogP contribution < -0.4 is 10.6 Å². The van der Waals surface area contributed by atoms with Crippen LogP contribution in [0.3, 0.4) is 0 Å². The number of fused-ring (bicyclic) bond motifs is 2. The molecule has 2 aliphatic heterocycles. The van der Waals surface area contributed by atoms with E-state index in [1.807, 2.05) is 80.0 Å². The summed E-state index contributed by atoms with van der Waals surface area (Å²) in [5.41, 5.74) is 6.81. The van der Waals surface area contributed by atoms with Crippen LogP contribution in [0.25, 0.3) is 44.5 Å². The Labute approximate surface area is 349 Å². The van der Waals surface area contributed by atoms with Crippen LogP contribution in [0.5, 0.6) is 0 Å². The first-order valence-electron chi connectivity index (χ1n) is 21.0. The Bertz CT molecular complexity index is 2400. The van der Waals surface area contributed by atoms with Crippen molar-refractivity contribution in [1.82, 2.24) is 45.4 Å². The van der Waals surface area contributed by atoms with Crippen LogP contribution in [-0.4, -0.2) is 98.1 Å². The number of carbonyl (C=O) groups excluding carboxylic acids is 4. The van der Waals surface area contributed by atoms with Gasteiger partial charge >= 0.3 is 12.2 Å². The molecule has 15 heteroatoms. The Morgan fingerprint density at radius 2 is 1.47 bits per heavy atom. The highest BCUT2D eigenvalue weighted by molar-refractivity contribution is 5.90. The molecule has 316 valence electrons. The third-order valence-corrected chi connectivity index (χ3v) is 12.2. The standard InChI is InChI=1S/C45H55N9O6/c1-7-26(8-2)38(51-44(57)59-5)42(55)53-21-11-13-36(53)40-46-25-35(50-40)29-16-19-31-28(23-29)15-18-32(47-31)30-17-20-33-34(24-30)49-41(48-33)37-14-12-22-54(37)43(56)39(27(9-3)10-4)52-45(58)60-6/h9,15-20,23-26,36-39H,7-8,10-14,21-22H2,1-6H3,(H,46,50)(H,48,49)(H,51,57)(H,52,58)/b27-9+/t36-,37-,38-,39-/m0/s1. The minimum atomic E-state index is -0.812. The lowest BCUT2D eigenvalue weighted by Crippen LogP contribution is -2.52. The first-order chi connectivity index (χ1) is 29.1. The second-order valence-corrected chi connectivity index (χ2v) is 15.5. The lowest BCUT2D eigenvalue weighted by Gasteiger charge is -2.31. The van der Waals surface area contributed by atoms with E-state index in [9.17, 15) is 19.2 Å². The number of likely N-dealkylation sites (tertiary alicyclic amines) is 2. The van der Waals surface area contributed by atoms with Gasteiger partial charge in [-0.3, -0.25) is 9.59 Å². The number of benzene rings is 2. The molecule has 2 aliphatic rings. The highest BCUT2D eigenvalue weighted by Gasteiger charge is 2.39. The molecule has 60 heavy (non-hydrogen) atoms. The SMILES string of the molecule is C/C=C(\CC)[C@H](NC(=O)OC)C(=O)N1CCC[C@H]1c1nc2ccc(-c3ccc4cc(-c5cnc([C@@H]6CCCN6C(=O)[C@@H](NC(=O)OC)C(CC)CC)[nH]5)ccc4n3)cc2[nH]1. The molecular weight excluding hydrogens is 763 g/mol. The number of ether oxygens (including phenoxy) is 2. The summed E-state index contributed by atoms with van der Waals surface area (Å²) in [7, 11) is 2.60. The molecule has 0 spiro atoms. The summed E-state index contributed by atoms with van der Waals surface area (Å²) in [4.78, 5) is 77.5. The number of imidazole rings is 2. The topological polar surface area (TPSA) is 188 Å². The lowest BCUT2D eigenvalue weighted by atomic mass is 9.93. The summed E-state index contributed by atoms with van der Waals surface area (Å²) >= 11 is 0. The molecule has 0 radical (unpaired) electrons. The largest absolute Gasteiger partial charge is 0.453 e. The number of alkyl carbamates (subject to hydrolysis) is 2. The van der Waals surface area contributed by atoms with Gasteiger partial charge in [0, 0.05) is 29.6 Å². The maximum atomic E-state index is 13.9. The van der Waals surface area contributed by atoms with Crippen LogP contribution in [0, 0.1) is 5.92 Å². The number of aromatic nitrogens is 5. The predicted octanol–water partition coefficient (Wildman–Crippen LogP) is 7.74. The van der Waals surface area contributed by atoms with Gasteiger partial charge in [-0.25, -0.2) is 24.5 Å². The molecule has 0 aliphatic carbocycles. The lowest BCUT2D eigenvalue weighted by molar-refractivity contribution is -0.136. The van der Waals surface area contributed by atoms with E-state index in [1.165, 1.54) is 14.2 Å². The molecule has 4 N–H and O–H groups in total. The van der Waals surface area contributed by atoms with E-state index in [-0.39, 0.29) is 29.8 Å². The van der Waals surface area contributed by atoms with E-state index in [1.54, 1.807) is 6.20 Å². The fourth-order valence-electron chi connectivity index (χ4n) is 8.82. The summed E-state index contributed by atoms with van der Waals surface area (Å²) < 4.78 is 9.69. The van der Waals surface area contributed by atoms with Crippen molar-refractivity contribution >= 4 is 45.9 Å². The van der Waals surface area contributed by atoms with E-state index < -0.39 is 24.3 Å². The predicted molar refractivity (Wildman–Crippen MR) is 229 cm³/mol. The van der Waals surface area contributed by atoms with Gasteiger partial charge in [0.15, 0.2) is 0 Å². The quantitative estimate of drug-likeness (QED) is 0.0863. The number of amides is 4.